The number of carbonyl (C=O) groups is 1. The molecule has 7 nitrogen and oxygen atoms in total. The van der Waals surface area contributed by atoms with Crippen molar-refractivity contribution >= 4 is 17.5 Å². The Morgan fingerprint density at radius 1 is 1.27 bits per heavy atom. The van der Waals surface area contributed by atoms with Crippen LogP contribution in [-0.2, 0) is 13.1 Å². The summed E-state index contributed by atoms with van der Waals surface area (Å²) in [7, 11) is 0. The van der Waals surface area contributed by atoms with Gasteiger partial charge in [-0.15, -0.1) is 0 Å². The lowest BCUT2D eigenvalue weighted by Gasteiger charge is -2.23. The smallest absolute Gasteiger partial charge is 0.425 e. The van der Waals surface area contributed by atoms with Gasteiger partial charge in [0.1, 0.15) is 23.2 Å². The van der Waals surface area contributed by atoms with Crippen molar-refractivity contribution < 1.29 is 27.1 Å². The number of pyridine rings is 1. The van der Waals surface area contributed by atoms with Gasteiger partial charge in [0.15, 0.2) is 11.9 Å². The zero-order valence-electron chi connectivity index (χ0n) is 16.9. The number of carbonyl (C=O) groups excluding carboxylic acids is 1. The molecule has 0 aliphatic carbocycles. The number of nitrogens with zero attached hydrogens (tertiary/aromatic N) is 5. The van der Waals surface area contributed by atoms with Gasteiger partial charge < -0.3 is 9.64 Å². The van der Waals surface area contributed by atoms with Gasteiger partial charge in [0.05, 0.1) is 29.0 Å². The third kappa shape index (κ3) is 4.34. The maximum atomic E-state index is 13.2. The van der Waals surface area contributed by atoms with Gasteiger partial charge in [-0.3, -0.25) is 4.79 Å². The average Bonchev–Trinajstić information content (AvgIpc) is 3.33. The maximum Gasteiger partial charge on any atom is 0.425 e. The van der Waals surface area contributed by atoms with E-state index in [0.717, 1.165) is 19.2 Å². The normalized spacial score (nSPS) is 14.0. The summed E-state index contributed by atoms with van der Waals surface area (Å²) in [4.78, 5) is 18.5. The van der Waals surface area contributed by atoms with Gasteiger partial charge in [-0.2, -0.15) is 23.5 Å². The van der Waals surface area contributed by atoms with Gasteiger partial charge >= 0.3 is 6.18 Å². The number of hydrogen-bond donors (Lipinski definition) is 0. The second kappa shape index (κ2) is 8.37. The molecule has 1 amide bonds. The Morgan fingerprint density at radius 3 is 2.64 bits per heavy atom. The molecule has 3 heterocycles. The van der Waals surface area contributed by atoms with E-state index in [1.807, 2.05) is 0 Å². The van der Waals surface area contributed by atoms with Crippen LogP contribution in [0.4, 0.5) is 17.6 Å². The van der Waals surface area contributed by atoms with Crippen LogP contribution in [0.15, 0.2) is 36.7 Å². The van der Waals surface area contributed by atoms with Crippen LogP contribution >= 0.6 is 11.6 Å². The van der Waals surface area contributed by atoms with Crippen LogP contribution in [-0.4, -0.2) is 37.9 Å². The standard InChI is InChI=1S/C21H14ClF4N5O2/c1-11(21(24,25)26)33-16-4-2-12(6-27)19(22)18(16)20(32)30-8-13-9-31(29-15(13)10-30)17-5-3-14(23)7-28-17/h2-5,7,9,11H,8,10H2,1H3. The number of rotatable bonds is 4. The number of alkyl halides is 3. The lowest BCUT2D eigenvalue weighted by atomic mass is 10.1. The first kappa shape index (κ1) is 22.5. The van der Waals surface area contributed by atoms with Crippen LogP contribution in [0.2, 0.25) is 5.02 Å². The van der Waals surface area contributed by atoms with Crippen molar-refractivity contribution in [2.75, 3.05) is 0 Å². The Labute approximate surface area is 189 Å². The minimum absolute atomic E-state index is 0.0454. The first-order chi connectivity index (χ1) is 15.6. The fourth-order valence-electron chi connectivity index (χ4n) is 3.27. The Morgan fingerprint density at radius 2 is 2.03 bits per heavy atom. The van der Waals surface area contributed by atoms with E-state index in [9.17, 15) is 27.6 Å². The molecule has 3 aromatic rings. The highest BCUT2D eigenvalue weighted by Gasteiger charge is 2.39. The number of halogens is 5. The molecule has 0 saturated heterocycles. The molecule has 0 bridgehead atoms. The monoisotopic (exact) mass is 479 g/mol. The molecule has 0 fully saturated rings. The molecule has 1 aliphatic heterocycles. The Kier molecular flexibility index (Phi) is 5.71. The molecule has 12 heteroatoms. The minimum Gasteiger partial charge on any atom is -0.480 e. The summed E-state index contributed by atoms with van der Waals surface area (Å²) in [5.74, 6) is -1.19. The number of benzene rings is 1. The predicted octanol–water partition coefficient (Wildman–Crippen LogP) is 4.42. The van der Waals surface area contributed by atoms with E-state index >= 15 is 0 Å². The second-order valence-electron chi connectivity index (χ2n) is 7.26. The molecule has 0 N–H and O–H groups in total. The Bertz CT molecular complexity index is 1240. The van der Waals surface area contributed by atoms with E-state index in [1.165, 1.54) is 27.8 Å². The van der Waals surface area contributed by atoms with Crippen molar-refractivity contribution in [2.24, 2.45) is 0 Å². The summed E-state index contributed by atoms with van der Waals surface area (Å²) in [6.45, 7) is 0.943. The van der Waals surface area contributed by atoms with Gasteiger partial charge in [0, 0.05) is 18.3 Å². The first-order valence-electron chi connectivity index (χ1n) is 9.53. The molecule has 0 spiro atoms. The third-order valence-corrected chi connectivity index (χ3v) is 5.41. The molecule has 0 saturated carbocycles. The van der Waals surface area contributed by atoms with Crippen LogP contribution in [0.3, 0.4) is 0 Å². The number of aromatic nitrogens is 3. The van der Waals surface area contributed by atoms with E-state index in [0.29, 0.717) is 17.1 Å². The molecule has 33 heavy (non-hydrogen) atoms. The van der Waals surface area contributed by atoms with Gasteiger partial charge in [-0.25, -0.2) is 14.1 Å². The maximum absolute atomic E-state index is 13.2. The van der Waals surface area contributed by atoms with Crippen molar-refractivity contribution in [1.29, 1.82) is 5.26 Å². The zero-order valence-corrected chi connectivity index (χ0v) is 17.7. The molecule has 1 unspecified atom stereocenters. The molecule has 170 valence electrons. The van der Waals surface area contributed by atoms with Gasteiger partial charge in [0.2, 0.25) is 0 Å². The second-order valence-corrected chi connectivity index (χ2v) is 7.63. The summed E-state index contributed by atoms with van der Waals surface area (Å²) in [6, 6.07) is 6.79. The molecule has 0 radical (unpaired) electrons. The number of nitriles is 1. The molecule has 4 rings (SSSR count). The number of fused-ring (bicyclic) bond motifs is 1. The van der Waals surface area contributed by atoms with E-state index < -0.39 is 24.0 Å². The Hall–Kier alpha value is -3.65. The van der Waals surface area contributed by atoms with E-state index in [2.05, 4.69) is 10.1 Å². The highest BCUT2D eigenvalue weighted by Crippen LogP contribution is 2.35. The van der Waals surface area contributed by atoms with Crippen LogP contribution in [0.5, 0.6) is 5.75 Å². The van der Waals surface area contributed by atoms with E-state index in [-0.39, 0.29) is 35.0 Å². The van der Waals surface area contributed by atoms with Crippen molar-refractivity contribution in [3.8, 4) is 17.6 Å². The third-order valence-electron chi connectivity index (χ3n) is 5.02. The molecule has 1 atom stereocenters. The van der Waals surface area contributed by atoms with Crippen molar-refractivity contribution in [3.63, 3.8) is 0 Å². The highest BCUT2D eigenvalue weighted by atomic mass is 35.5. The van der Waals surface area contributed by atoms with Crippen molar-refractivity contribution in [2.45, 2.75) is 32.3 Å². The molecular weight excluding hydrogens is 466 g/mol. The number of amides is 1. The highest BCUT2D eigenvalue weighted by molar-refractivity contribution is 6.35. The van der Waals surface area contributed by atoms with Crippen LogP contribution < -0.4 is 4.74 Å². The molecule has 2 aromatic heterocycles. The topological polar surface area (TPSA) is 84.0 Å². The first-order valence-corrected chi connectivity index (χ1v) is 9.91. The Balaban J connectivity index is 1.61. The van der Waals surface area contributed by atoms with Crippen molar-refractivity contribution in [3.05, 3.63) is 69.9 Å². The van der Waals surface area contributed by atoms with Gasteiger partial charge in [0.25, 0.3) is 5.91 Å². The SMILES string of the molecule is CC(Oc1ccc(C#N)c(Cl)c1C(=O)N1Cc2cn(-c3ccc(F)cn3)nc2C1)C(F)(F)F. The summed E-state index contributed by atoms with van der Waals surface area (Å²) in [6.07, 6.45) is -4.19. The molecular formula is C21H14ClF4N5O2. The number of hydrogen-bond acceptors (Lipinski definition) is 5. The van der Waals surface area contributed by atoms with Crippen LogP contribution in [0.1, 0.15) is 34.1 Å². The minimum atomic E-state index is -4.66. The fourth-order valence-corrected chi connectivity index (χ4v) is 3.55. The quantitative estimate of drug-likeness (QED) is 0.517. The van der Waals surface area contributed by atoms with Crippen LogP contribution in [0.25, 0.3) is 5.82 Å². The van der Waals surface area contributed by atoms with E-state index in [4.69, 9.17) is 16.3 Å². The summed E-state index contributed by atoms with van der Waals surface area (Å²) >= 11 is 6.20. The lowest BCUT2D eigenvalue weighted by Crippen LogP contribution is -2.33. The predicted molar refractivity (Wildman–Crippen MR) is 107 cm³/mol. The summed E-state index contributed by atoms with van der Waals surface area (Å²) in [5, 5.41) is 13.3. The van der Waals surface area contributed by atoms with Crippen LogP contribution in [0, 0.1) is 17.1 Å². The summed E-state index contributed by atoms with van der Waals surface area (Å²) in [5.41, 5.74) is 0.808. The number of ether oxygens (including phenoxy) is 1. The van der Waals surface area contributed by atoms with Crippen molar-refractivity contribution in [1.82, 2.24) is 19.7 Å². The largest absolute Gasteiger partial charge is 0.480 e. The summed E-state index contributed by atoms with van der Waals surface area (Å²) < 4.78 is 58.5. The van der Waals surface area contributed by atoms with E-state index in [1.54, 1.807) is 12.3 Å². The van der Waals surface area contributed by atoms with Gasteiger partial charge in [-0.1, -0.05) is 11.6 Å². The molecule has 1 aromatic carbocycles. The molecule has 1 aliphatic rings. The lowest BCUT2D eigenvalue weighted by molar-refractivity contribution is -0.189. The fraction of sp³-hybridized carbons (Fsp3) is 0.238. The average molecular weight is 480 g/mol. The van der Waals surface area contributed by atoms with Gasteiger partial charge in [-0.05, 0) is 31.2 Å². The zero-order chi connectivity index (χ0) is 23.9.